The van der Waals surface area contributed by atoms with Crippen molar-refractivity contribution in [3.05, 3.63) is 35.9 Å². The average molecular weight is 293 g/mol. The third-order valence-electron chi connectivity index (χ3n) is 3.34. The van der Waals surface area contributed by atoms with E-state index in [0.717, 1.165) is 24.8 Å². The Bertz CT molecular complexity index is 461. The lowest BCUT2D eigenvalue weighted by Gasteiger charge is -2.25. The van der Waals surface area contributed by atoms with Crippen LogP contribution in [0.15, 0.2) is 30.3 Å². The minimum Gasteiger partial charge on any atom is -0.480 e. The number of carbonyl (C=O) groups is 2. The number of benzene rings is 1. The van der Waals surface area contributed by atoms with Crippen LogP contribution in [-0.4, -0.2) is 22.7 Å². The third-order valence-corrected chi connectivity index (χ3v) is 3.34. The molecule has 0 aliphatic heterocycles. The maximum Gasteiger partial charge on any atom is 0.408 e. The van der Waals surface area contributed by atoms with Gasteiger partial charge in [0.05, 0.1) is 0 Å². The fraction of sp³-hybridized carbons (Fsp3) is 0.500. The summed E-state index contributed by atoms with van der Waals surface area (Å²) in [6, 6.07) is 9.25. The standard InChI is InChI=1S/C16H23NO4/c1-3-4-8-11-16(2,14(18)19)17-15(20)21-12-13-9-6-5-7-10-13/h5-7,9-10H,3-4,8,11-12H2,1-2H3,(H,17,20)(H,18,19). The summed E-state index contributed by atoms with van der Waals surface area (Å²) in [6.45, 7) is 3.67. The van der Waals surface area contributed by atoms with Gasteiger partial charge in [0.25, 0.3) is 0 Å². The first-order valence-corrected chi connectivity index (χ1v) is 7.20. The molecule has 0 heterocycles. The van der Waals surface area contributed by atoms with E-state index in [9.17, 15) is 14.7 Å². The highest BCUT2D eigenvalue weighted by molar-refractivity contribution is 5.83. The zero-order valence-electron chi connectivity index (χ0n) is 12.6. The minimum absolute atomic E-state index is 0.122. The van der Waals surface area contributed by atoms with Gasteiger partial charge in [0.15, 0.2) is 0 Å². The fourth-order valence-corrected chi connectivity index (χ4v) is 1.94. The number of unbranched alkanes of at least 4 members (excludes halogenated alkanes) is 2. The molecule has 0 aromatic heterocycles. The number of alkyl carbamates (subject to hydrolysis) is 1. The van der Waals surface area contributed by atoms with Gasteiger partial charge in [0, 0.05) is 0 Å². The molecule has 1 unspecified atom stereocenters. The summed E-state index contributed by atoms with van der Waals surface area (Å²) in [5, 5.41) is 11.8. The predicted molar refractivity (Wildman–Crippen MR) is 79.9 cm³/mol. The van der Waals surface area contributed by atoms with E-state index in [1.54, 1.807) is 0 Å². The molecule has 1 rings (SSSR count). The number of carbonyl (C=O) groups excluding carboxylic acids is 1. The zero-order chi connectivity index (χ0) is 15.7. The van der Waals surface area contributed by atoms with Crippen LogP contribution in [0.1, 0.15) is 45.1 Å². The van der Waals surface area contributed by atoms with Crippen LogP contribution in [0.4, 0.5) is 4.79 Å². The van der Waals surface area contributed by atoms with E-state index in [2.05, 4.69) is 5.32 Å². The number of rotatable bonds is 8. The summed E-state index contributed by atoms with van der Waals surface area (Å²) in [4.78, 5) is 23.1. The van der Waals surface area contributed by atoms with Gasteiger partial charge in [-0.15, -0.1) is 0 Å². The van der Waals surface area contributed by atoms with Gasteiger partial charge in [0.2, 0.25) is 0 Å². The number of ether oxygens (including phenoxy) is 1. The molecule has 0 fully saturated rings. The van der Waals surface area contributed by atoms with Gasteiger partial charge < -0.3 is 15.2 Å². The SMILES string of the molecule is CCCCCC(C)(NC(=O)OCc1ccccc1)C(=O)O. The first-order valence-electron chi connectivity index (χ1n) is 7.20. The number of nitrogens with one attached hydrogen (secondary N) is 1. The first kappa shape index (κ1) is 17.0. The van der Waals surface area contributed by atoms with E-state index in [0.29, 0.717) is 6.42 Å². The molecule has 1 atom stereocenters. The van der Waals surface area contributed by atoms with Crippen molar-refractivity contribution < 1.29 is 19.4 Å². The molecule has 0 spiro atoms. The lowest BCUT2D eigenvalue weighted by Crippen LogP contribution is -2.52. The second-order valence-corrected chi connectivity index (χ2v) is 5.28. The molecule has 0 saturated carbocycles. The van der Waals surface area contributed by atoms with Crippen LogP contribution >= 0.6 is 0 Å². The monoisotopic (exact) mass is 293 g/mol. The number of hydrogen-bond acceptors (Lipinski definition) is 3. The highest BCUT2D eigenvalue weighted by Crippen LogP contribution is 2.16. The van der Waals surface area contributed by atoms with Crippen LogP contribution in [-0.2, 0) is 16.1 Å². The molecule has 1 aromatic rings. The van der Waals surface area contributed by atoms with Crippen LogP contribution in [0.2, 0.25) is 0 Å². The molecule has 116 valence electrons. The molecule has 1 amide bonds. The highest BCUT2D eigenvalue weighted by Gasteiger charge is 2.34. The second-order valence-electron chi connectivity index (χ2n) is 5.28. The lowest BCUT2D eigenvalue weighted by atomic mass is 9.95. The van der Waals surface area contributed by atoms with Crippen molar-refractivity contribution in [3.63, 3.8) is 0 Å². The first-order chi connectivity index (χ1) is 9.98. The van der Waals surface area contributed by atoms with Crippen LogP contribution in [0.5, 0.6) is 0 Å². The van der Waals surface area contributed by atoms with E-state index in [-0.39, 0.29) is 6.61 Å². The summed E-state index contributed by atoms with van der Waals surface area (Å²) in [5.74, 6) is -1.05. The van der Waals surface area contributed by atoms with Crippen molar-refractivity contribution in [2.24, 2.45) is 0 Å². The lowest BCUT2D eigenvalue weighted by molar-refractivity contribution is -0.144. The molecule has 0 aliphatic carbocycles. The van der Waals surface area contributed by atoms with Gasteiger partial charge in [0.1, 0.15) is 12.1 Å². The van der Waals surface area contributed by atoms with Gasteiger partial charge in [-0.05, 0) is 18.9 Å². The highest BCUT2D eigenvalue weighted by atomic mass is 16.5. The van der Waals surface area contributed by atoms with Crippen molar-refractivity contribution in [2.45, 2.75) is 51.7 Å². The largest absolute Gasteiger partial charge is 0.480 e. The molecule has 5 heteroatoms. The van der Waals surface area contributed by atoms with E-state index in [1.807, 2.05) is 37.3 Å². The van der Waals surface area contributed by atoms with E-state index in [4.69, 9.17) is 4.74 Å². The number of carboxylic acids is 1. The molecule has 5 nitrogen and oxygen atoms in total. The smallest absolute Gasteiger partial charge is 0.408 e. The molecule has 0 aliphatic rings. The van der Waals surface area contributed by atoms with E-state index in [1.165, 1.54) is 6.92 Å². The Morgan fingerprint density at radius 1 is 1.24 bits per heavy atom. The fourth-order valence-electron chi connectivity index (χ4n) is 1.94. The molecular weight excluding hydrogens is 270 g/mol. The Balaban J connectivity index is 2.50. The van der Waals surface area contributed by atoms with Crippen molar-refractivity contribution in [1.82, 2.24) is 5.32 Å². The summed E-state index contributed by atoms with van der Waals surface area (Å²) in [7, 11) is 0. The topological polar surface area (TPSA) is 75.6 Å². The Hall–Kier alpha value is -2.04. The Kier molecular flexibility index (Phi) is 6.72. The number of carboxylic acid groups (broad SMARTS) is 1. The summed E-state index contributed by atoms with van der Waals surface area (Å²) in [6.07, 6.45) is 2.35. The number of aliphatic carboxylic acids is 1. The molecular formula is C16H23NO4. The van der Waals surface area contributed by atoms with Crippen LogP contribution < -0.4 is 5.32 Å². The minimum atomic E-state index is -1.29. The average Bonchev–Trinajstić information content (AvgIpc) is 2.46. The quantitative estimate of drug-likeness (QED) is 0.721. The maximum atomic E-state index is 11.8. The molecule has 0 saturated heterocycles. The van der Waals surface area contributed by atoms with Gasteiger partial charge in [-0.1, -0.05) is 56.5 Å². The van der Waals surface area contributed by atoms with Crippen molar-refractivity contribution >= 4 is 12.1 Å². The van der Waals surface area contributed by atoms with Crippen LogP contribution in [0.25, 0.3) is 0 Å². The van der Waals surface area contributed by atoms with Crippen LogP contribution in [0.3, 0.4) is 0 Å². The summed E-state index contributed by atoms with van der Waals surface area (Å²) >= 11 is 0. The predicted octanol–water partition coefficient (Wildman–Crippen LogP) is 3.34. The Morgan fingerprint density at radius 3 is 2.48 bits per heavy atom. The van der Waals surface area contributed by atoms with Crippen molar-refractivity contribution in [2.75, 3.05) is 0 Å². The van der Waals surface area contributed by atoms with Crippen LogP contribution in [0, 0.1) is 0 Å². The second kappa shape index (κ2) is 8.29. The van der Waals surface area contributed by atoms with Gasteiger partial charge in [-0.2, -0.15) is 0 Å². The molecule has 21 heavy (non-hydrogen) atoms. The summed E-state index contributed by atoms with van der Waals surface area (Å²) in [5.41, 5.74) is -0.432. The number of hydrogen-bond donors (Lipinski definition) is 2. The zero-order valence-corrected chi connectivity index (χ0v) is 12.6. The number of amides is 1. The molecule has 0 bridgehead atoms. The van der Waals surface area contributed by atoms with Gasteiger partial charge in [-0.3, -0.25) is 0 Å². The normalized spacial score (nSPS) is 13.2. The van der Waals surface area contributed by atoms with Gasteiger partial charge in [-0.25, -0.2) is 9.59 Å². The molecule has 0 radical (unpaired) electrons. The maximum absolute atomic E-state index is 11.8. The Labute approximate surface area is 125 Å². The van der Waals surface area contributed by atoms with Crippen molar-refractivity contribution in [3.8, 4) is 0 Å². The van der Waals surface area contributed by atoms with Gasteiger partial charge >= 0.3 is 12.1 Å². The third kappa shape index (κ3) is 5.85. The van der Waals surface area contributed by atoms with Crippen molar-refractivity contribution in [1.29, 1.82) is 0 Å². The Morgan fingerprint density at radius 2 is 1.90 bits per heavy atom. The van der Waals surface area contributed by atoms with E-state index < -0.39 is 17.6 Å². The molecule has 1 aromatic carbocycles. The molecule has 2 N–H and O–H groups in total. The summed E-state index contributed by atoms with van der Waals surface area (Å²) < 4.78 is 5.07. The van der Waals surface area contributed by atoms with E-state index >= 15 is 0 Å².